The van der Waals surface area contributed by atoms with Crippen LogP contribution in [0.4, 0.5) is 4.39 Å². The van der Waals surface area contributed by atoms with Gasteiger partial charge < -0.3 is 10.1 Å². The van der Waals surface area contributed by atoms with Crippen LogP contribution in [0.2, 0.25) is 0 Å². The second-order valence-corrected chi connectivity index (χ2v) is 5.17. The second kappa shape index (κ2) is 5.63. The predicted molar refractivity (Wildman–Crippen MR) is 77.3 cm³/mol. The lowest BCUT2D eigenvalue weighted by atomic mass is 9.86. The molecule has 104 valence electrons. The molecule has 2 atom stereocenters. The predicted octanol–water partition coefficient (Wildman–Crippen LogP) is 3.34. The number of benzene rings is 2. The maximum Gasteiger partial charge on any atom is 0.127 e. The lowest BCUT2D eigenvalue weighted by Crippen LogP contribution is -2.34. The molecule has 2 aromatic rings. The Labute approximate surface area is 118 Å². The van der Waals surface area contributed by atoms with Crippen molar-refractivity contribution in [2.45, 2.75) is 12.5 Å². The maximum atomic E-state index is 14.0. The Morgan fingerprint density at radius 1 is 1.15 bits per heavy atom. The van der Waals surface area contributed by atoms with E-state index in [1.54, 1.807) is 6.07 Å². The van der Waals surface area contributed by atoms with Gasteiger partial charge >= 0.3 is 0 Å². The smallest absolute Gasteiger partial charge is 0.127 e. The van der Waals surface area contributed by atoms with Gasteiger partial charge in [-0.2, -0.15) is 0 Å². The van der Waals surface area contributed by atoms with Gasteiger partial charge in [-0.15, -0.1) is 0 Å². The Morgan fingerprint density at radius 3 is 2.70 bits per heavy atom. The SMILES string of the molecule is CNC(c1ccccc1F)C1COc2ccccc2C1. The summed E-state index contributed by atoms with van der Waals surface area (Å²) in [6.45, 7) is 0.608. The summed E-state index contributed by atoms with van der Waals surface area (Å²) in [5, 5.41) is 3.24. The molecule has 0 aliphatic carbocycles. The van der Waals surface area contributed by atoms with Crippen LogP contribution in [0.25, 0.3) is 0 Å². The van der Waals surface area contributed by atoms with E-state index in [-0.39, 0.29) is 17.8 Å². The standard InChI is InChI=1S/C17H18FNO/c1-19-17(14-7-3-4-8-15(14)18)13-10-12-6-2-5-9-16(12)20-11-13/h2-9,13,17,19H,10-11H2,1H3. The Morgan fingerprint density at radius 2 is 1.90 bits per heavy atom. The monoisotopic (exact) mass is 271 g/mol. The minimum Gasteiger partial charge on any atom is -0.493 e. The summed E-state index contributed by atoms with van der Waals surface area (Å²) < 4.78 is 19.8. The van der Waals surface area contributed by atoms with Crippen molar-refractivity contribution < 1.29 is 9.13 Å². The molecule has 0 spiro atoms. The maximum absolute atomic E-state index is 14.0. The highest BCUT2D eigenvalue weighted by Gasteiger charge is 2.28. The zero-order chi connectivity index (χ0) is 13.9. The Bertz CT molecular complexity index is 599. The number of rotatable bonds is 3. The summed E-state index contributed by atoms with van der Waals surface area (Å²) >= 11 is 0. The fourth-order valence-corrected chi connectivity index (χ4v) is 2.94. The van der Waals surface area contributed by atoms with Crippen molar-refractivity contribution in [1.82, 2.24) is 5.32 Å². The number of halogens is 1. The van der Waals surface area contributed by atoms with Gasteiger partial charge in [0.25, 0.3) is 0 Å². The molecular formula is C17H18FNO. The summed E-state index contributed by atoms with van der Waals surface area (Å²) in [6.07, 6.45) is 0.899. The lowest BCUT2D eigenvalue weighted by Gasteiger charge is -2.32. The Balaban J connectivity index is 1.87. The van der Waals surface area contributed by atoms with Crippen molar-refractivity contribution in [2.24, 2.45) is 5.92 Å². The van der Waals surface area contributed by atoms with Gasteiger partial charge in [-0.3, -0.25) is 0 Å². The van der Waals surface area contributed by atoms with Crippen LogP contribution in [0.1, 0.15) is 17.2 Å². The highest BCUT2D eigenvalue weighted by Crippen LogP contribution is 2.34. The van der Waals surface area contributed by atoms with E-state index in [9.17, 15) is 4.39 Å². The first-order valence-electron chi connectivity index (χ1n) is 6.92. The molecule has 0 saturated heterocycles. The first-order valence-corrected chi connectivity index (χ1v) is 6.92. The normalized spacial score (nSPS) is 19.0. The lowest BCUT2D eigenvalue weighted by molar-refractivity contribution is 0.186. The van der Waals surface area contributed by atoms with Crippen molar-refractivity contribution in [1.29, 1.82) is 0 Å². The van der Waals surface area contributed by atoms with Crippen molar-refractivity contribution in [3.8, 4) is 5.75 Å². The average molecular weight is 271 g/mol. The molecule has 1 aliphatic rings. The molecule has 2 nitrogen and oxygen atoms in total. The Kier molecular flexibility index (Phi) is 3.70. The van der Waals surface area contributed by atoms with E-state index in [4.69, 9.17) is 4.74 Å². The number of hydrogen-bond acceptors (Lipinski definition) is 2. The molecule has 3 rings (SSSR count). The van der Waals surface area contributed by atoms with Crippen molar-refractivity contribution >= 4 is 0 Å². The van der Waals surface area contributed by atoms with Gasteiger partial charge in [-0.25, -0.2) is 4.39 Å². The summed E-state index contributed by atoms with van der Waals surface area (Å²) in [4.78, 5) is 0. The molecule has 0 fully saturated rings. The molecule has 0 radical (unpaired) electrons. The zero-order valence-corrected chi connectivity index (χ0v) is 11.5. The van der Waals surface area contributed by atoms with Crippen LogP contribution in [0.3, 0.4) is 0 Å². The third-order valence-electron chi connectivity index (χ3n) is 3.93. The van der Waals surface area contributed by atoms with E-state index >= 15 is 0 Å². The van der Waals surface area contributed by atoms with Crippen LogP contribution < -0.4 is 10.1 Å². The minimum absolute atomic E-state index is 0.0374. The topological polar surface area (TPSA) is 21.3 Å². The number of nitrogens with one attached hydrogen (secondary N) is 1. The summed E-state index contributed by atoms with van der Waals surface area (Å²) in [6, 6.07) is 15.0. The van der Waals surface area contributed by atoms with Gasteiger partial charge in [-0.05, 0) is 31.2 Å². The molecule has 0 amide bonds. The molecule has 2 aromatic carbocycles. The fourth-order valence-electron chi connectivity index (χ4n) is 2.94. The fraction of sp³-hybridized carbons (Fsp3) is 0.294. The van der Waals surface area contributed by atoms with Crippen LogP contribution in [0.5, 0.6) is 5.75 Å². The van der Waals surface area contributed by atoms with Crippen molar-refractivity contribution in [3.05, 3.63) is 65.5 Å². The first kappa shape index (κ1) is 13.1. The van der Waals surface area contributed by atoms with Crippen molar-refractivity contribution in [3.63, 3.8) is 0 Å². The molecule has 2 unspecified atom stereocenters. The summed E-state index contributed by atoms with van der Waals surface area (Å²) in [5.74, 6) is 1.02. The van der Waals surface area contributed by atoms with Crippen LogP contribution in [-0.4, -0.2) is 13.7 Å². The molecular weight excluding hydrogens is 253 g/mol. The number of fused-ring (bicyclic) bond motifs is 1. The molecule has 0 aromatic heterocycles. The van der Waals surface area contributed by atoms with Crippen LogP contribution in [0, 0.1) is 11.7 Å². The van der Waals surface area contributed by atoms with E-state index < -0.39 is 0 Å². The zero-order valence-electron chi connectivity index (χ0n) is 11.5. The minimum atomic E-state index is -0.161. The van der Waals surface area contributed by atoms with Gasteiger partial charge in [0.15, 0.2) is 0 Å². The number of para-hydroxylation sites is 1. The van der Waals surface area contributed by atoms with Crippen LogP contribution >= 0.6 is 0 Å². The first-order chi connectivity index (χ1) is 9.79. The molecule has 0 saturated carbocycles. The molecule has 1 aliphatic heterocycles. The molecule has 1 N–H and O–H groups in total. The molecule has 0 bridgehead atoms. The van der Waals surface area contributed by atoms with Gasteiger partial charge in [0.05, 0.1) is 6.61 Å². The largest absolute Gasteiger partial charge is 0.493 e. The van der Waals surface area contributed by atoms with Gasteiger partial charge in [0, 0.05) is 17.5 Å². The van der Waals surface area contributed by atoms with E-state index in [0.717, 1.165) is 12.2 Å². The third kappa shape index (κ3) is 2.41. The average Bonchev–Trinajstić information content (AvgIpc) is 2.50. The van der Waals surface area contributed by atoms with E-state index in [2.05, 4.69) is 11.4 Å². The van der Waals surface area contributed by atoms with E-state index in [1.807, 2.05) is 37.4 Å². The van der Waals surface area contributed by atoms with Gasteiger partial charge in [0.1, 0.15) is 11.6 Å². The number of hydrogen-bond donors (Lipinski definition) is 1. The van der Waals surface area contributed by atoms with Crippen LogP contribution in [-0.2, 0) is 6.42 Å². The number of ether oxygens (including phenoxy) is 1. The highest BCUT2D eigenvalue weighted by atomic mass is 19.1. The quantitative estimate of drug-likeness (QED) is 0.924. The van der Waals surface area contributed by atoms with Crippen LogP contribution in [0.15, 0.2) is 48.5 Å². The Hall–Kier alpha value is -1.87. The van der Waals surface area contributed by atoms with Gasteiger partial charge in [-0.1, -0.05) is 36.4 Å². The highest BCUT2D eigenvalue weighted by molar-refractivity contribution is 5.36. The molecule has 20 heavy (non-hydrogen) atoms. The molecule has 3 heteroatoms. The second-order valence-electron chi connectivity index (χ2n) is 5.17. The van der Waals surface area contributed by atoms with E-state index in [0.29, 0.717) is 12.2 Å². The summed E-state index contributed by atoms with van der Waals surface area (Å²) in [5.41, 5.74) is 1.91. The van der Waals surface area contributed by atoms with Crippen molar-refractivity contribution in [2.75, 3.05) is 13.7 Å². The molecule has 1 heterocycles. The summed E-state index contributed by atoms with van der Waals surface area (Å²) in [7, 11) is 1.87. The van der Waals surface area contributed by atoms with Gasteiger partial charge in [0.2, 0.25) is 0 Å². The third-order valence-corrected chi connectivity index (χ3v) is 3.93. The van der Waals surface area contributed by atoms with E-state index in [1.165, 1.54) is 11.6 Å².